The smallest absolute Gasteiger partial charge is 0.00755 e. The van der Waals surface area contributed by atoms with Crippen LogP contribution >= 0.6 is 12.4 Å². The Labute approximate surface area is 74.3 Å². The van der Waals surface area contributed by atoms with E-state index >= 15 is 0 Å². The Morgan fingerprint density at radius 2 is 1.55 bits per heavy atom. The van der Waals surface area contributed by atoms with Gasteiger partial charge in [0.05, 0.1) is 0 Å². The summed E-state index contributed by atoms with van der Waals surface area (Å²) in [5.74, 6) is 0. The van der Waals surface area contributed by atoms with Gasteiger partial charge in [-0.05, 0) is 43.9 Å². The molecule has 3 aliphatic rings. The summed E-state index contributed by atoms with van der Waals surface area (Å²) in [7, 11) is 0. The molecular formula is C9H16ClN. The van der Waals surface area contributed by atoms with Gasteiger partial charge in [0.1, 0.15) is 0 Å². The molecule has 2 saturated heterocycles. The standard InChI is InChI=1S/C9H15N.ClH/c1-2-8-6-9(3-4-9)5-7(1)10-8;/h7-8,10H,1-6H2;1H. The number of piperidine rings is 1. The van der Waals surface area contributed by atoms with Crippen LogP contribution in [-0.2, 0) is 0 Å². The average molecular weight is 174 g/mol. The molecular weight excluding hydrogens is 158 g/mol. The largest absolute Gasteiger partial charge is 0.311 e. The molecule has 1 spiro atoms. The highest BCUT2D eigenvalue weighted by atomic mass is 35.5. The van der Waals surface area contributed by atoms with Gasteiger partial charge in [-0.25, -0.2) is 0 Å². The molecule has 2 heterocycles. The van der Waals surface area contributed by atoms with Crippen LogP contribution in [0.4, 0.5) is 0 Å². The third kappa shape index (κ3) is 1.19. The Morgan fingerprint density at radius 3 is 2.00 bits per heavy atom. The lowest BCUT2D eigenvalue weighted by atomic mass is 9.89. The summed E-state index contributed by atoms with van der Waals surface area (Å²) in [6.45, 7) is 0. The van der Waals surface area contributed by atoms with Crippen LogP contribution in [0.1, 0.15) is 38.5 Å². The first-order chi connectivity index (χ1) is 4.86. The topological polar surface area (TPSA) is 12.0 Å². The number of halogens is 1. The quantitative estimate of drug-likeness (QED) is 0.592. The van der Waals surface area contributed by atoms with Gasteiger partial charge in [-0.1, -0.05) is 0 Å². The van der Waals surface area contributed by atoms with Crippen LogP contribution < -0.4 is 5.32 Å². The fourth-order valence-electron chi connectivity index (χ4n) is 2.94. The average Bonchev–Trinajstić information content (AvgIpc) is 2.56. The number of nitrogens with one attached hydrogen (secondary N) is 1. The van der Waals surface area contributed by atoms with E-state index in [1.54, 1.807) is 12.8 Å². The summed E-state index contributed by atoms with van der Waals surface area (Å²) in [5, 5.41) is 3.69. The van der Waals surface area contributed by atoms with Crippen LogP contribution in [0.2, 0.25) is 0 Å². The van der Waals surface area contributed by atoms with Gasteiger partial charge in [0.25, 0.3) is 0 Å². The third-order valence-electron chi connectivity index (χ3n) is 3.65. The summed E-state index contributed by atoms with van der Waals surface area (Å²) in [5.41, 5.74) is 0.872. The molecule has 64 valence electrons. The maximum absolute atomic E-state index is 3.69. The second-order valence-corrected chi connectivity index (χ2v) is 4.55. The second kappa shape index (κ2) is 2.37. The lowest BCUT2D eigenvalue weighted by Gasteiger charge is -2.28. The molecule has 1 aliphatic carbocycles. The molecule has 0 aromatic heterocycles. The molecule has 0 aromatic carbocycles. The molecule has 0 radical (unpaired) electrons. The molecule has 3 fully saturated rings. The molecule has 0 aromatic rings. The molecule has 1 saturated carbocycles. The van der Waals surface area contributed by atoms with Crippen LogP contribution in [0.15, 0.2) is 0 Å². The predicted octanol–water partition coefficient (Wildman–Crippen LogP) is 2.10. The zero-order valence-electron chi connectivity index (χ0n) is 6.81. The van der Waals surface area contributed by atoms with Gasteiger partial charge in [0.2, 0.25) is 0 Å². The lowest BCUT2D eigenvalue weighted by Crippen LogP contribution is -2.38. The van der Waals surface area contributed by atoms with E-state index in [1.807, 2.05) is 0 Å². The molecule has 1 nitrogen and oxygen atoms in total. The molecule has 3 rings (SSSR count). The molecule has 2 atom stereocenters. The molecule has 2 heteroatoms. The van der Waals surface area contributed by atoms with E-state index in [2.05, 4.69) is 5.32 Å². The first kappa shape index (κ1) is 7.88. The zero-order valence-corrected chi connectivity index (χ0v) is 7.62. The number of hydrogen-bond donors (Lipinski definition) is 1. The fraction of sp³-hybridized carbons (Fsp3) is 1.00. The minimum Gasteiger partial charge on any atom is -0.311 e. The number of hydrogen-bond acceptors (Lipinski definition) is 1. The van der Waals surface area contributed by atoms with Crippen molar-refractivity contribution in [3.05, 3.63) is 0 Å². The van der Waals surface area contributed by atoms with E-state index in [0.29, 0.717) is 0 Å². The summed E-state index contributed by atoms with van der Waals surface area (Å²) in [6, 6.07) is 1.84. The van der Waals surface area contributed by atoms with Crippen molar-refractivity contribution in [2.24, 2.45) is 5.41 Å². The van der Waals surface area contributed by atoms with Crippen molar-refractivity contribution in [2.75, 3.05) is 0 Å². The lowest BCUT2D eigenvalue weighted by molar-refractivity contribution is 0.280. The molecule has 2 bridgehead atoms. The Kier molecular flexibility index (Phi) is 1.69. The minimum atomic E-state index is 0. The Hall–Kier alpha value is 0.250. The fourth-order valence-corrected chi connectivity index (χ4v) is 2.94. The van der Waals surface area contributed by atoms with Crippen molar-refractivity contribution in [1.29, 1.82) is 0 Å². The summed E-state index contributed by atoms with van der Waals surface area (Å²) in [4.78, 5) is 0. The van der Waals surface area contributed by atoms with Gasteiger partial charge in [-0.3, -0.25) is 0 Å². The normalized spacial score (nSPS) is 43.6. The van der Waals surface area contributed by atoms with Crippen molar-refractivity contribution in [1.82, 2.24) is 5.32 Å². The maximum Gasteiger partial charge on any atom is 0.00755 e. The van der Waals surface area contributed by atoms with E-state index in [-0.39, 0.29) is 12.4 Å². The van der Waals surface area contributed by atoms with Gasteiger partial charge < -0.3 is 5.32 Å². The Morgan fingerprint density at radius 1 is 1.00 bits per heavy atom. The molecule has 11 heavy (non-hydrogen) atoms. The van der Waals surface area contributed by atoms with Crippen LogP contribution in [0.25, 0.3) is 0 Å². The molecule has 2 unspecified atom stereocenters. The van der Waals surface area contributed by atoms with E-state index in [0.717, 1.165) is 17.5 Å². The van der Waals surface area contributed by atoms with Gasteiger partial charge >= 0.3 is 0 Å². The Bertz CT molecular complexity index is 151. The van der Waals surface area contributed by atoms with E-state index in [4.69, 9.17) is 0 Å². The number of rotatable bonds is 0. The first-order valence-corrected chi connectivity index (χ1v) is 4.62. The summed E-state index contributed by atoms with van der Waals surface area (Å²) >= 11 is 0. The Balaban J connectivity index is 0.000000480. The van der Waals surface area contributed by atoms with E-state index in [9.17, 15) is 0 Å². The molecule has 0 amide bonds. The van der Waals surface area contributed by atoms with Gasteiger partial charge in [-0.2, -0.15) is 0 Å². The van der Waals surface area contributed by atoms with Crippen molar-refractivity contribution in [3.63, 3.8) is 0 Å². The van der Waals surface area contributed by atoms with E-state index < -0.39 is 0 Å². The van der Waals surface area contributed by atoms with Crippen molar-refractivity contribution >= 4 is 12.4 Å². The molecule has 2 aliphatic heterocycles. The summed E-state index contributed by atoms with van der Waals surface area (Å²) in [6.07, 6.45) is 9.02. The SMILES string of the molecule is C1CC2CC3(CC3)CC1N2.Cl. The van der Waals surface area contributed by atoms with Crippen LogP contribution in [-0.4, -0.2) is 12.1 Å². The highest BCUT2D eigenvalue weighted by Crippen LogP contribution is 2.57. The monoisotopic (exact) mass is 173 g/mol. The first-order valence-electron chi connectivity index (χ1n) is 4.62. The van der Waals surface area contributed by atoms with Gasteiger partial charge in [0.15, 0.2) is 0 Å². The van der Waals surface area contributed by atoms with Crippen molar-refractivity contribution in [3.8, 4) is 0 Å². The van der Waals surface area contributed by atoms with Crippen LogP contribution in [0, 0.1) is 5.41 Å². The van der Waals surface area contributed by atoms with Crippen molar-refractivity contribution < 1.29 is 0 Å². The van der Waals surface area contributed by atoms with Crippen LogP contribution in [0.5, 0.6) is 0 Å². The van der Waals surface area contributed by atoms with E-state index in [1.165, 1.54) is 25.7 Å². The predicted molar refractivity (Wildman–Crippen MR) is 48.1 cm³/mol. The minimum absolute atomic E-state index is 0. The molecule has 1 N–H and O–H groups in total. The zero-order chi connectivity index (χ0) is 6.60. The highest BCUT2D eigenvalue weighted by molar-refractivity contribution is 5.85. The number of fused-ring (bicyclic) bond motifs is 2. The van der Waals surface area contributed by atoms with Crippen molar-refractivity contribution in [2.45, 2.75) is 50.6 Å². The second-order valence-electron chi connectivity index (χ2n) is 4.55. The van der Waals surface area contributed by atoms with Gasteiger partial charge in [-0.15, -0.1) is 12.4 Å². The van der Waals surface area contributed by atoms with Crippen LogP contribution in [0.3, 0.4) is 0 Å². The highest BCUT2D eigenvalue weighted by Gasteiger charge is 2.50. The third-order valence-corrected chi connectivity index (χ3v) is 3.65. The summed E-state index contributed by atoms with van der Waals surface area (Å²) < 4.78 is 0. The van der Waals surface area contributed by atoms with Gasteiger partial charge in [0, 0.05) is 12.1 Å². The maximum atomic E-state index is 3.69.